The first-order chi connectivity index (χ1) is 16.6. The van der Waals surface area contributed by atoms with Crippen LogP contribution in [0, 0.1) is 6.92 Å². The largest absolute Gasteiger partial charge is 0.350 e. The van der Waals surface area contributed by atoms with Crippen molar-refractivity contribution in [2.24, 2.45) is 0 Å². The first kappa shape index (κ1) is 20.9. The molecule has 0 saturated heterocycles. The minimum atomic E-state index is -0.260. The highest BCUT2D eigenvalue weighted by Gasteiger charge is 2.26. The highest BCUT2D eigenvalue weighted by atomic mass is 32.1. The molecular formula is C26H25N5O2S. The Hall–Kier alpha value is -3.65. The lowest BCUT2D eigenvalue weighted by Crippen LogP contribution is -2.34. The lowest BCUT2D eigenvalue weighted by Gasteiger charge is -2.12. The number of hydrogen-bond donors (Lipinski definition) is 1. The number of thiophene rings is 1. The number of nitrogens with one attached hydrogen (secondary N) is 1. The summed E-state index contributed by atoms with van der Waals surface area (Å²) in [5.74, 6) is -0.243. The number of benzene rings is 1. The molecule has 0 bridgehead atoms. The van der Waals surface area contributed by atoms with Crippen LogP contribution in [0.4, 0.5) is 0 Å². The van der Waals surface area contributed by atoms with E-state index in [2.05, 4.69) is 10.4 Å². The van der Waals surface area contributed by atoms with E-state index >= 15 is 0 Å². The maximum atomic E-state index is 13.6. The molecule has 7 nitrogen and oxygen atoms in total. The summed E-state index contributed by atoms with van der Waals surface area (Å²) >= 11 is 1.76. The van der Waals surface area contributed by atoms with Gasteiger partial charge >= 0.3 is 0 Å². The average molecular weight is 472 g/mol. The van der Waals surface area contributed by atoms with Crippen LogP contribution < -0.4 is 10.9 Å². The molecule has 1 aliphatic rings. The number of rotatable bonds is 5. The number of nitrogens with zero attached hydrogens (tertiary/aromatic N) is 4. The normalized spacial score (nSPS) is 13.4. The summed E-state index contributed by atoms with van der Waals surface area (Å²) in [4.78, 5) is 28.7. The Morgan fingerprint density at radius 3 is 2.68 bits per heavy atom. The Bertz CT molecular complexity index is 1570. The van der Waals surface area contributed by atoms with Crippen molar-refractivity contribution in [2.45, 2.75) is 45.7 Å². The van der Waals surface area contributed by atoms with Crippen molar-refractivity contribution in [1.82, 2.24) is 24.1 Å². The van der Waals surface area contributed by atoms with Crippen molar-refractivity contribution in [3.8, 4) is 5.69 Å². The molecule has 1 aromatic carbocycles. The maximum absolute atomic E-state index is 13.6. The van der Waals surface area contributed by atoms with E-state index in [4.69, 9.17) is 0 Å². The highest BCUT2D eigenvalue weighted by Crippen LogP contribution is 2.41. The lowest BCUT2D eigenvalue weighted by molar-refractivity contribution is -0.122. The van der Waals surface area contributed by atoms with Gasteiger partial charge in [0, 0.05) is 29.2 Å². The van der Waals surface area contributed by atoms with Gasteiger partial charge in [-0.1, -0.05) is 29.8 Å². The second-order valence-electron chi connectivity index (χ2n) is 8.90. The molecule has 0 saturated carbocycles. The molecule has 4 heterocycles. The van der Waals surface area contributed by atoms with Crippen LogP contribution in [0.1, 0.15) is 34.4 Å². The molecule has 5 aromatic rings. The van der Waals surface area contributed by atoms with E-state index in [1.165, 1.54) is 33.5 Å². The summed E-state index contributed by atoms with van der Waals surface area (Å²) in [6, 6.07) is 11.9. The first-order valence-electron chi connectivity index (χ1n) is 11.6. The van der Waals surface area contributed by atoms with Crippen LogP contribution in [0.2, 0.25) is 0 Å². The van der Waals surface area contributed by atoms with E-state index < -0.39 is 0 Å². The van der Waals surface area contributed by atoms with Crippen LogP contribution in [0.5, 0.6) is 0 Å². The van der Waals surface area contributed by atoms with Crippen molar-refractivity contribution in [2.75, 3.05) is 0 Å². The quantitative estimate of drug-likeness (QED) is 0.421. The minimum Gasteiger partial charge on any atom is -0.350 e. The predicted octanol–water partition coefficient (Wildman–Crippen LogP) is 4.01. The zero-order valence-electron chi connectivity index (χ0n) is 19.0. The third-order valence-electron chi connectivity index (χ3n) is 6.58. The third-order valence-corrected chi connectivity index (χ3v) is 7.87. The van der Waals surface area contributed by atoms with Gasteiger partial charge < -0.3 is 9.88 Å². The van der Waals surface area contributed by atoms with Crippen molar-refractivity contribution in [3.05, 3.63) is 87.0 Å². The summed E-state index contributed by atoms with van der Waals surface area (Å²) in [6.07, 6.45) is 10.1. The monoisotopic (exact) mass is 471 g/mol. The van der Waals surface area contributed by atoms with Crippen LogP contribution >= 0.6 is 11.3 Å². The van der Waals surface area contributed by atoms with Crippen molar-refractivity contribution in [3.63, 3.8) is 0 Å². The molecule has 1 amide bonds. The Kier molecular flexibility index (Phi) is 5.10. The topological polar surface area (TPSA) is 73.3 Å². The fourth-order valence-corrected chi connectivity index (χ4v) is 6.21. The van der Waals surface area contributed by atoms with Crippen molar-refractivity contribution < 1.29 is 4.79 Å². The van der Waals surface area contributed by atoms with Crippen LogP contribution in [0.3, 0.4) is 0 Å². The molecule has 0 spiro atoms. The van der Waals surface area contributed by atoms with E-state index in [-0.39, 0.29) is 18.0 Å². The Morgan fingerprint density at radius 1 is 1.12 bits per heavy atom. The van der Waals surface area contributed by atoms with E-state index in [1.807, 2.05) is 64.7 Å². The van der Waals surface area contributed by atoms with Gasteiger partial charge in [0.2, 0.25) is 5.91 Å². The molecule has 1 N–H and O–H groups in total. The van der Waals surface area contributed by atoms with Gasteiger partial charge in [-0.15, -0.1) is 11.3 Å². The molecule has 0 radical (unpaired) electrons. The Labute approximate surface area is 200 Å². The fraction of sp³-hybridized carbons (Fsp3) is 0.269. The fourth-order valence-electron chi connectivity index (χ4n) is 4.85. The van der Waals surface area contributed by atoms with Crippen LogP contribution in [-0.4, -0.2) is 24.7 Å². The van der Waals surface area contributed by atoms with E-state index in [0.717, 1.165) is 34.3 Å². The van der Waals surface area contributed by atoms with Gasteiger partial charge in [0.05, 0.1) is 5.69 Å². The summed E-state index contributed by atoms with van der Waals surface area (Å²) in [6.45, 7) is 2.32. The van der Waals surface area contributed by atoms with Crippen LogP contribution in [-0.2, 0) is 30.7 Å². The molecule has 4 aromatic heterocycles. The molecule has 8 heteroatoms. The Balaban J connectivity index is 1.40. The van der Waals surface area contributed by atoms with Crippen LogP contribution in [0.15, 0.2) is 59.9 Å². The number of amides is 1. The van der Waals surface area contributed by atoms with Gasteiger partial charge in [0.15, 0.2) is 0 Å². The number of carbonyl (C=O) groups excluding carboxylic acids is 1. The zero-order valence-corrected chi connectivity index (χ0v) is 19.8. The molecule has 34 heavy (non-hydrogen) atoms. The number of aryl methyl sites for hydroxylation is 3. The lowest BCUT2D eigenvalue weighted by atomic mass is 9.97. The zero-order chi connectivity index (χ0) is 23.2. The van der Waals surface area contributed by atoms with Gasteiger partial charge in [0.1, 0.15) is 23.2 Å². The van der Waals surface area contributed by atoms with Crippen molar-refractivity contribution in [1.29, 1.82) is 0 Å². The first-order valence-corrected chi connectivity index (χ1v) is 12.4. The number of hydrogen-bond acceptors (Lipinski definition) is 4. The Morgan fingerprint density at radius 2 is 1.88 bits per heavy atom. The SMILES string of the molecule is Cc1ccc(CNC(=O)Cn2ncn3c(c(-n4cccc4)c4c5c(sc43)CCCC5)c2=O)cc1. The van der Waals surface area contributed by atoms with Gasteiger partial charge in [-0.05, 0) is 55.9 Å². The van der Waals surface area contributed by atoms with E-state index in [0.29, 0.717) is 12.1 Å². The molecule has 0 unspecified atom stereocenters. The molecular weight excluding hydrogens is 446 g/mol. The summed E-state index contributed by atoms with van der Waals surface area (Å²) < 4.78 is 5.20. The maximum Gasteiger partial charge on any atom is 0.293 e. The van der Waals surface area contributed by atoms with E-state index in [9.17, 15) is 9.59 Å². The second kappa shape index (κ2) is 8.29. The summed E-state index contributed by atoms with van der Waals surface area (Å²) in [5.41, 5.74) is 4.74. The van der Waals surface area contributed by atoms with Gasteiger partial charge in [0.25, 0.3) is 5.56 Å². The van der Waals surface area contributed by atoms with E-state index in [1.54, 1.807) is 17.7 Å². The van der Waals surface area contributed by atoms with Crippen LogP contribution in [0.25, 0.3) is 21.4 Å². The molecule has 6 rings (SSSR count). The number of aromatic nitrogens is 4. The summed E-state index contributed by atoms with van der Waals surface area (Å²) in [5, 5.41) is 8.42. The second-order valence-corrected chi connectivity index (χ2v) is 9.99. The third kappa shape index (κ3) is 3.45. The standard InChI is InChI=1S/C26H25N5O2S/c1-17-8-10-18(11-9-17)14-27-21(32)15-31-25(33)24-23(29-12-4-5-13-29)22-19-6-2-3-7-20(19)34-26(22)30(24)16-28-31/h4-5,8-13,16H,2-3,6-7,14-15H2,1H3,(H,27,32). The molecule has 172 valence electrons. The van der Waals surface area contributed by atoms with Gasteiger partial charge in [-0.25, -0.2) is 4.68 Å². The van der Waals surface area contributed by atoms with Gasteiger partial charge in [-0.3, -0.25) is 14.0 Å². The smallest absolute Gasteiger partial charge is 0.293 e. The molecule has 0 atom stereocenters. The summed E-state index contributed by atoms with van der Waals surface area (Å²) in [7, 11) is 0. The molecule has 0 fully saturated rings. The molecule has 1 aliphatic carbocycles. The van der Waals surface area contributed by atoms with Crippen molar-refractivity contribution >= 4 is 33.0 Å². The average Bonchev–Trinajstić information content (AvgIpc) is 3.56. The predicted molar refractivity (Wildman–Crippen MR) is 134 cm³/mol. The highest BCUT2D eigenvalue weighted by molar-refractivity contribution is 7.19. The number of fused-ring (bicyclic) bond motifs is 5. The van der Waals surface area contributed by atoms with Gasteiger partial charge in [-0.2, -0.15) is 5.10 Å². The minimum absolute atomic E-state index is 0.122. The number of carbonyl (C=O) groups is 1. The molecule has 0 aliphatic heterocycles.